The van der Waals surface area contributed by atoms with Gasteiger partial charge in [0.2, 0.25) is 18.3 Å². The standard InChI is InChI=1S/C20H29NO12/c1-8(28-10(3)23)15(21-9(2)22)16-17(29-11(4)24)18(30-12(5)25)19(31-13(6)26)20(33-16)32-14(7)27/h8,15-20H,1-7H3,(H,21,22)/t8-,15-,16-,17+,18+,19-,20+/m1/s1. The molecule has 1 heterocycles. The van der Waals surface area contributed by atoms with E-state index in [0.717, 1.165) is 34.6 Å². The number of carbonyl (C=O) groups is 6. The average Bonchev–Trinajstić information content (AvgIpc) is 2.62. The second-order valence-corrected chi connectivity index (χ2v) is 7.34. The number of amides is 1. The molecule has 0 aromatic rings. The first-order chi connectivity index (χ1) is 15.2. The summed E-state index contributed by atoms with van der Waals surface area (Å²) in [5.41, 5.74) is 0. The zero-order valence-electron chi connectivity index (χ0n) is 19.4. The van der Waals surface area contributed by atoms with Gasteiger partial charge in [-0.2, -0.15) is 0 Å². The molecule has 0 radical (unpaired) electrons. The lowest BCUT2D eigenvalue weighted by Crippen LogP contribution is -2.68. The van der Waals surface area contributed by atoms with Gasteiger partial charge in [0, 0.05) is 41.5 Å². The normalized spacial score (nSPS) is 26.1. The van der Waals surface area contributed by atoms with Crippen LogP contribution in [0.15, 0.2) is 0 Å². The molecule has 0 aromatic heterocycles. The Labute approximate surface area is 190 Å². The van der Waals surface area contributed by atoms with Crippen LogP contribution in [0.4, 0.5) is 0 Å². The monoisotopic (exact) mass is 475 g/mol. The molecule has 1 amide bonds. The van der Waals surface area contributed by atoms with Crippen LogP contribution in [0.2, 0.25) is 0 Å². The van der Waals surface area contributed by atoms with Crippen molar-refractivity contribution >= 4 is 35.8 Å². The first kappa shape index (κ1) is 27.8. The highest BCUT2D eigenvalue weighted by Gasteiger charge is 2.56. The van der Waals surface area contributed by atoms with E-state index in [1.807, 2.05) is 0 Å². The highest BCUT2D eigenvalue weighted by atomic mass is 16.7. The molecule has 1 N–H and O–H groups in total. The fourth-order valence-electron chi connectivity index (χ4n) is 3.39. The molecule has 0 unspecified atom stereocenters. The molecule has 0 bridgehead atoms. The summed E-state index contributed by atoms with van der Waals surface area (Å²) >= 11 is 0. The molecule has 7 atom stereocenters. The minimum atomic E-state index is -1.62. The van der Waals surface area contributed by atoms with Crippen LogP contribution in [0, 0.1) is 0 Å². The minimum absolute atomic E-state index is 0.556. The third kappa shape index (κ3) is 8.67. The molecule has 0 saturated carbocycles. The van der Waals surface area contributed by atoms with E-state index in [4.69, 9.17) is 28.4 Å². The average molecular weight is 475 g/mol. The molecule has 0 spiro atoms. The highest BCUT2D eigenvalue weighted by molar-refractivity contribution is 5.74. The summed E-state index contributed by atoms with van der Waals surface area (Å²) in [6.45, 7) is 8.03. The summed E-state index contributed by atoms with van der Waals surface area (Å²) in [7, 11) is 0. The Kier molecular flexibility index (Phi) is 10.2. The van der Waals surface area contributed by atoms with Crippen LogP contribution >= 0.6 is 0 Å². The van der Waals surface area contributed by atoms with Crippen LogP contribution in [0.1, 0.15) is 48.5 Å². The van der Waals surface area contributed by atoms with Gasteiger partial charge in [0.1, 0.15) is 12.2 Å². The van der Waals surface area contributed by atoms with Gasteiger partial charge < -0.3 is 33.7 Å². The predicted octanol–water partition coefficient (Wildman–Crippen LogP) is -0.474. The third-order valence-corrected chi connectivity index (χ3v) is 4.30. The van der Waals surface area contributed by atoms with Crippen molar-refractivity contribution in [2.45, 2.75) is 91.3 Å². The largest absolute Gasteiger partial charge is 0.461 e. The first-order valence-electron chi connectivity index (χ1n) is 10.0. The first-order valence-corrected chi connectivity index (χ1v) is 10.0. The molecule has 186 valence electrons. The van der Waals surface area contributed by atoms with Crippen LogP contribution in [-0.4, -0.2) is 78.6 Å². The Hall–Kier alpha value is -3.22. The Bertz CT molecular complexity index is 781. The van der Waals surface area contributed by atoms with Gasteiger partial charge in [0.05, 0.1) is 6.04 Å². The summed E-state index contributed by atoms with van der Waals surface area (Å²) in [5.74, 6) is -4.54. The second kappa shape index (κ2) is 12.1. The van der Waals surface area contributed by atoms with E-state index in [1.54, 1.807) is 0 Å². The Balaban J connectivity index is 3.62. The van der Waals surface area contributed by atoms with Gasteiger partial charge in [0.25, 0.3) is 0 Å². The molecule has 1 aliphatic rings. The molecule has 1 aliphatic heterocycles. The van der Waals surface area contributed by atoms with Crippen LogP contribution < -0.4 is 5.32 Å². The van der Waals surface area contributed by atoms with Crippen molar-refractivity contribution in [1.82, 2.24) is 5.32 Å². The summed E-state index contributed by atoms with van der Waals surface area (Å²) in [4.78, 5) is 70.5. The van der Waals surface area contributed by atoms with Gasteiger partial charge >= 0.3 is 29.8 Å². The number of esters is 5. The van der Waals surface area contributed by atoms with Gasteiger partial charge in [-0.25, -0.2) is 0 Å². The fraction of sp³-hybridized carbons (Fsp3) is 0.700. The second-order valence-electron chi connectivity index (χ2n) is 7.34. The van der Waals surface area contributed by atoms with Gasteiger partial charge in [0.15, 0.2) is 12.2 Å². The van der Waals surface area contributed by atoms with Gasteiger partial charge in [-0.1, -0.05) is 0 Å². The lowest BCUT2D eigenvalue weighted by Gasteiger charge is -2.46. The molecule has 13 nitrogen and oxygen atoms in total. The molecule has 13 heteroatoms. The number of carbonyl (C=O) groups excluding carboxylic acids is 6. The van der Waals surface area contributed by atoms with Crippen LogP contribution in [0.25, 0.3) is 0 Å². The quantitative estimate of drug-likeness (QED) is 0.354. The molecular formula is C20H29NO12. The number of rotatable bonds is 8. The number of hydrogen-bond donors (Lipinski definition) is 1. The van der Waals surface area contributed by atoms with Crippen LogP contribution in [0.3, 0.4) is 0 Å². The topological polar surface area (TPSA) is 170 Å². The summed E-state index contributed by atoms with van der Waals surface area (Å²) in [6, 6.07) is -1.16. The molecule has 0 aliphatic carbocycles. The van der Waals surface area contributed by atoms with Gasteiger partial charge in [-0.15, -0.1) is 0 Å². The van der Waals surface area contributed by atoms with Crippen molar-refractivity contribution in [3.05, 3.63) is 0 Å². The van der Waals surface area contributed by atoms with Crippen molar-refractivity contribution in [2.24, 2.45) is 0 Å². The van der Waals surface area contributed by atoms with E-state index in [2.05, 4.69) is 5.32 Å². The summed E-state index contributed by atoms with van der Waals surface area (Å²) < 4.78 is 31.9. The molecule has 33 heavy (non-hydrogen) atoms. The molecule has 1 saturated heterocycles. The lowest BCUT2D eigenvalue weighted by molar-refractivity contribution is -0.302. The third-order valence-electron chi connectivity index (χ3n) is 4.30. The van der Waals surface area contributed by atoms with E-state index in [1.165, 1.54) is 13.8 Å². The minimum Gasteiger partial charge on any atom is -0.461 e. The van der Waals surface area contributed by atoms with Crippen molar-refractivity contribution in [3.63, 3.8) is 0 Å². The van der Waals surface area contributed by atoms with E-state index < -0.39 is 78.6 Å². The van der Waals surface area contributed by atoms with Gasteiger partial charge in [-0.3, -0.25) is 28.8 Å². The fourth-order valence-corrected chi connectivity index (χ4v) is 3.39. The van der Waals surface area contributed by atoms with Crippen molar-refractivity contribution in [1.29, 1.82) is 0 Å². The maximum absolute atomic E-state index is 11.9. The van der Waals surface area contributed by atoms with E-state index in [0.29, 0.717) is 0 Å². The smallest absolute Gasteiger partial charge is 0.305 e. The van der Waals surface area contributed by atoms with E-state index >= 15 is 0 Å². The molecule has 1 fully saturated rings. The SMILES string of the molecule is CC(=O)N[C@@H]([C@H]1O[C@H](OC(C)=O)[C@H](OC(C)=O)[C@@H](OC(C)=O)[C@H]1OC(C)=O)[C@@H](C)OC(C)=O. The van der Waals surface area contributed by atoms with Crippen LogP contribution in [-0.2, 0) is 57.2 Å². The predicted molar refractivity (Wildman–Crippen MR) is 106 cm³/mol. The van der Waals surface area contributed by atoms with Crippen LogP contribution in [0.5, 0.6) is 0 Å². The summed E-state index contributed by atoms with van der Waals surface area (Å²) in [5, 5.41) is 2.54. The van der Waals surface area contributed by atoms with Crippen molar-refractivity contribution in [3.8, 4) is 0 Å². The Morgan fingerprint density at radius 3 is 1.55 bits per heavy atom. The lowest BCUT2D eigenvalue weighted by atomic mass is 9.90. The molecular weight excluding hydrogens is 446 g/mol. The zero-order chi connectivity index (χ0) is 25.5. The maximum atomic E-state index is 11.9. The Morgan fingerprint density at radius 1 is 0.667 bits per heavy atom. The molecule has 0 aromatic carbocycles. The number of hydrogen-bond acceptors (Lipinski definition) is 12. The maximum Gasteiger partial charge on any atom is 0.305 e. The van der Waals surface area contributed by atoms with E-state index in [9.17, 15) is 28.8 Å². The van der Waals surface area contributed by atoms with Crippen molar-refractivity contribution in [2.75, 3.05) is 0 Å². The zero-order valence-corrected chi connectivity index (χ0v) is 19.4. The van der Waals surface area contributed by atoms with Crippen molar-refractivity contribution < 1.29 is 57.2 Å². The summed E-state index contributed by atoms with van der Waals surface area (Å²) in [6.07, 6.45) is -8.49. The molecule has 1 rings (SSSR count). The van der Waals surface area contributed by atoms with E-state index in [-0.39, 0.29) is 0 Å². The highest BCUT2D eigenvalue weighted by Crippen LogP contribution is 2.32. The number of ether oxygens (including phenoxy) is 6. The van der Waals surface area contributed by atoms with Gasteiger partial charge in [-0.05, 0) is 6.92 Å². The number of nitrogens with one attached hydrogen (secondary N) is 1. The Morgan fingerprint density at radius 2 is 1.12 bits per heavy atom.